The normalized spacial score (nSPS) is 10.4. The average molecular weight is 352 g/mol. The van der Waals surface area contributed by atoms with E-state index >= 15 is 0 Å². The second-order valence-corrected chi connectivity index (χ2v) is 6.09. The highest BCUT2D eigenvalue weighted by atomic mass is 32.1. The molecule has 2 aromatic heterocycles. The number of thiophene rings is 1. The third-order valence-corrected chi connectivity index (χ3v) is 4.63. The van der Waals surface area contributed by atoms with Gasteiger partial charge in [-0.15, -0.1) is 11.3 Å². The maximum atomic E-state index is 12.6. The van der Waals surface area contributed by atoms with Crippen LogP contribution in [0.5, 0.6) is 0 Å². The van der Waals surface area contributed by atoms with Crippen molar-refractivity contribution < 1.29 is 9.59 Å². The van der Waals surface area contributed by atoms with Crippen molar-refractivity contribution in [2.45, 2.75) is 0 Å². The van der Waals surface area contributed by atoms with Gasteiger partial charge in [0.05, 0.1) is 22.5 Å². The molecule has 0 atom stereocenters. The minimum absolute atomic E-state index is 0.0716. The standard InChI is InChI=1S/C16H12N6O2S/c17-6-7-5-9-11(18)12(25-16(9)22-13(7)19)15(24)21-10-4-2-1-3-8(10)14(20)23/h1-5H,18H2,(H2,19,22)(H2,20,23)(H,21,24). The Hall–Kier alpha value is -3.64. The Morgan fingerprint density at radius 3 is 2.64 bits per heavy atom. The Morgan fingerprint density at radius 2 is 1.96 bits per heavy atom. The summed E-state index contributed by atoms with van der Waals surface area (Å²) >= 11 is 1.05. The molecule has 0 unspecified atom stereocenters. The molecule has 0 fully saturated rings. The first-order valence-corrected chi connectivity index (χ1v) is 7.82. The lowest BCUT2D eigenvalue weighted by Crippen LogP contribution is -2.18. The second kappa shape index (κ2) is 6.10. The number of rotatable bonds is 3. The molecule has 25 heavy (non-hydrogen) atoms. The van der Waals surface area contributed by atoms with Gasteiger partial charge in [-0.25, -0.2) is 4.98 Å². The van der Waals surface area contributed by atoms with E-state index in [4.69, 9.17) is 22.5 Å². The van der Waals surface area contributed by atoms with Gasteiger partial charge in [-0.1, -0.05) is 12.1 Å². The topological polar surface area (TPSA) is 161 Å². The van der Waals surface area contributed by atoms with Crippen molar-refractivity contribution in [3.05, 3.63) is 46.3 Å². The van der Waals surface area contributed by atoms with Gasteiger partial charge in [0.15, 0.2) is 0 Å². The molecular formula is C16H12N6O2S. The molecule has 1 aromatic carbocycles. The highest BCUT2D eigenvalue weighted by Gasteiger charge is 2.20. The first-order valence-electron chi connectivity index (χ1n) is 7.01. The Kier molecular flexibility index (Phi) is 3.96. The number of nitrogen functional groups attached to an aromatic ring is 2. The number of nitrogens with one attached hydrogen (secondary N) is 1. The number of aromatic nitrogens is 1. The van der Waals surface area contributed by atoms with Crippen LogP contribution in [0.25, 0.3) is 10.2 Å². The number of hydrogen-bond acceptors (Lipinski definition) is 7. The number of pyridine rings is 1. The minimum atomic E-state index is -0.659. The largest absolute Gasteiger partial charge is 0.397 e. The van der Waals surface area contributed by atoms with E-state index in [9.17, 15) is 9.59 Å². The average Bonchev–Trinajstić information content (AvgIpc) is 2.90. The van der Waals surface area contributed by atoms with E-state index in [1.165, 1.54) is 12.1 Å². The molecule has 8 nitrogen and oxygen atoms in total. The summed E-state index contributed by atoms with van der Waals surface area (Å²) in [6.07, 6.45) is 0. The first kappa shape index (κ1) is 16.2. The van der Waals surface area contributed by atoms with Crippen LogP contribution in [0.2, 0.25) is 0 Å². The molecule has 0 spiro atoms. The van der Waals surface area contributed by atoms with Gasteiger partial charge in [0.25, 0.3) is 11.8 Å². The lowest BCUT2D eigenvalue weighted by Gasteiger charge is -2.08. The lowest BCUT2D eigenvalue weighted by molar-refractivity contribution is 0.100. The number of carbonyl (C=O) groups is 2. The maximum Gasteiger partial charge on any atom is 0.267 e. The molecule has 0 saturated carbocycles. The summed E-state index contributed by atoms with van der Waals surface area (Å²) in [5.41, 5.74) is 17.9. The number of carbonyl (C=O) groups excluding carboxylic acids is 2. The second-order valence-electron chi connectivity index (χ2n) is 5.09. The van der Waals surface area contributed by atoms with Crippen LogP contribution in [0, 0.1) is 11.3 Å². The molecule has 2 amide bonds. The Morgan fingerprint density at radius 1 is 1.24 bits per heavy atom. The number of anilines is 3. The smallest absolute Gasteiger partial charge is 0.267 e. The molecule has 3 rings (SSSR count). The molecule has 3 aromatic rings. The van der Waals surface area contributed by atoms with Crippen molar-refractivity contribution in [2.75, 3.05) is 16.8 Å². The van der Waals surface area contributed by atoms with Gasteiger partial charge in [-0.3, -0.25) is 9.59 Å². The Labute approximate surface area is 145 Å². The molecule has 0 bridgehead atoms. The number of amides is 2. The number of nitrogens with two attached hydrogens (primary N) is 3. The van der Waals surface area contributed by atoms with Crippen LogP contribution in [0.1, 0.15) is 25.6 Å². The van der Waals surface area contributed by atoms with Gasteiger partial charge < -0.3 is 22.5 Å². The third kappa shape index (κ3) is 2.82. The highest BCUT2D eigenvalue weighted by molar-refractivity contribution is 7.21. The van der Waals surface area contributed by atoms with Crippen LogP contribution in [0.4, 0.5) is 17.2 Å². The number of nitriles is 1. The zero-order chi connectivity index (χ0) is 18.1. The van der Waals surface area contributed by atoms with Crippen molar-refractivity contribution >= 4 is 50.6 Å². The predicted molar refractivity (Wildman–Crippen MR) is 96.1 cm³/mol. The summed E-state index contributed by atoms with van der Waals surface area (Å²) in [7, 11) is 0. The third-order valence-electron chi connectivity index (χ3n) is 3.52. The minimum Gasteiger partial charge on any atom is -0.397 e. The number of benzene rings is 1. The molecule has 0 aliphatic carbocycles. The molecule has 0 aliphatic heterocycles. The van der Waals surface area contributed by atoms with Crippen molar-refractivity contribution in [1.29, 1.82) is 5.26 Å². The molecule has 7 N–H and O–H groups in total. The Balaban J connectivity index is 2.03. The molecule has 124 valence electrons. The molecule has 0 saturated heterocycles. The van der Waals surface area contributed by atoms with Crippen LogP contribution in [0.3, 0.4) is 0 Å². The zero-order valence-corrected chi connectivity index (χ0v) is 13.6. The van der Waals surface area contributed by atoms with Gasteiger partial charge in [0, 0.05) is 5.39 Å². The Bertz CT molecular complexity index is 1070. The fourth-order valence-electron chi connectivity index (χ4n) is 2.30. The van der Waals surface area contributed by atoms with E-state index in [2.05, 4.69) is 10.3 Å². The first-order chi connectivity index (χ1) is 11.9. The molecule has 2 heterocycles. The SMILES string of the molecule is N#Cc1cc2c(N)c(C(=O)Nc3ccccc3C(N)=O)sc2nc1N. The van der Waals surface area contributed by atoms with E-state index in [0.29, 0.717) is 10.2 Å². The van der Waals surface area contributed by atoms with Crippen molar-refractivity contribution in [3.63, 3.8) is 0 Å². The van der Waals surface area contributed by atoms with Crippen LogP contribution >= 0.6 is 11.3 Å². The van der Waals surface area contributed by atoms with Gasteiger partial charge in [-0.2, -0.15) is 5.26 Å². The maximum absolute atomic E-state index is 12.6. The molecule has 0 radical (unpaired) electrons. The lowest BCUT2D eigenvalue weighted by atomic mass is 10.1. The number of para-hydroxylation sites is 1. The number of hydrogen-bond donors (Lipinski definition) is 4. The van der Waals surface area contributed by atoms with E-state index in [-0.39, 0.29) is 33.2 Å². The fraction of sp³-hybridized carbons (Fsp3) is 0. The summed E-state index contributed by atoms with van der Waals surface area (Å²) in [6, 6.07) is 9.79. The summed E-state index contributed by atoms with van der Waals surface area (Å²) in [4.78, 5) is 28.8. The summed E-state index contributed by atoms with van der Waals surface area (Å²) in [5, 5.41) is 12.1. The predicted octanol–water partition coefficient (Wildman–Crippen LogP) is 1.68. The number of primary amides is 1. The molecule has 9 heteroatoms. The van der Waals surface area contributed by atoms with E-state index in [0.717, 1.165) is 11.3 Å². The van der Waals surface area contributed by atoms with E-state index < -0.39 is 11.8 Å². The number of fused-ring (bicyclic) bond motifs is 1. The highest BCUT2D eigenvalue weighted by Crippen LogP contribution is 2.34. The fourth-order valence-corrected chi connectivity index (χ4v) is 3.28. The van der Waals surface area contributed by atoms with Crippen LogP contribution in [-0.2, 0) is 0 Å². The van der Waals surface area contributed by atoms with Crippen molar-refractivity contribution in [3.8, 4) is 6.07 Å². The molecule has 0 aliphatic rings. The van der Waals surface area contributed by atoms with Crippen LogP contribution in [-0.4, -0.2) is 16.8 Å². The van der Waals surface area contributed by atoms with Crippen molar-refractivity contribution in [2.24, 2.45) is 5.73 Å². The van der Waals surface area contributed by atoms with E-state index in [1.807, 2.05) is 6.07 Å². The summed E-state index contributed by atoms with van der Waals surface area (Å²) in [5.74, 6) is -1.10. The van der Waals surface area contributed by atoms with Crippen LogP contribution < -0.4 is 22.5 Å². The van der Waals surface area contributed by atoms with E-state index in [1.54, 1.807) is 18.2 Å². The quantitative estimate of drug-likeness (QED) is 0.560. The monoisotopic (exact) mass is 352 g/mol. The van der Waals surface area contributed by atoms with Crippen LogP contribution in [0.15, 0.2) is 30.3 Å². The number of nitrogens with zero attached hydrogens (tertiary/aromatic N) is 2. The van der Waals surface area contributed by atoms with Gasteiger partial charge in [-0.05, 0) is 18.2 Å². The van der Waals surface area contributed by atoms with Gasteiger partial charge in [0.2, 0.25) is 0 Å². The summed E-state index contributed by atoms with van der Waals surface area (Å²) in [6.45, 7) is 0. The van der Waals surface area contributed by atoms with Gasteiger partial charge >= 0.3 is 0 Å². The van der Waals surface area contributed by atoms with Crippen molar-refractivity contribution in [1.82, 2.24) is 4.98 Å². The zero-order valence-electron chi connectivity index (χ0n) is 12.7. The summed E-state index contributed by atoms with van der Waals surface area (Å²) < 4.78 is 0. The molecular weight excluding hydrogens is 340 g/mol. The van der Waals surface area contributed by atoms with Gasteiger partial charge in [0.1, 0.15) is 21.6 Å².